The smallest absolute Gasteiger partial charge is 0.274 e. The van der Waals surface area contributed by atoms with Crippen LogP contribution in [0.1, 0.15) is 41.9 Å². The van der Waals surface area contributed by atoms with Gasteiger partial charge in [-0.1, -0.05) is 5.16 Å². The van der Waals surface area contributed by atoms with Crippen LogP contribution in [0.3, 0.4) is 0 Å². The fourth-order valence-electron chi connectivity index (χ4n) is 4.30. The van der Waals surface area contributed by atoms with Crippen LogP contribution in [0, 0.1) is 24.2 Å². The van der Waals surface area contributed by atoms with Crippen LogP contribution in [0.25, 0.3) is 0 Å². The number of nitriles is 1. The molecule has 3 aliphatic rings. The van der Waals surface area contributed by atoms with Gasteiger partial charge in [0.25, 0.3) is 5.91 Å². The number of aryl methyl sites for hydroxylation is 1. The minimum atomic E-state index is -0.814. The van der Waals surface area contributed by atoms with Crippen LogP contribution in [-0.4, -0.2) is 69.5 Å². The monoisotopic (exact) mass is 460 g/mol. The Labute approximate surface area is 188 Å². The first kappa shape index (κ1) is 22.1. The van der Waals surface area contributed by atoms with Crippen LogP contribution in [-0.2, 0) is 14.4 Å². The number of aromatic nitrogens is 1. The highest BCUT2D eigenvalue weighted by Crippen LogP contribution is 2.36. The Kier molecular flexibility index (Phi) is 6.36. The van der Waals surface area contributed by atoms with Gasteiger partial charge in [0.2, 0.25) is 17.7 Å². The second-order valence-electron chi connectivity index (χ2n) is 8.18. The molecule has 11 nitrogen and oxygen atoms in total. The molecule has 0 bridgehead atoms. The van der Waals surface area contributed by atoms with Crippen LogP contribution in [0.4, 0.5) is 0 Å². The highest BCUT2D eigenvalue weighted by molar-refractivity contribution is 8.00. The van der Waals surface area contributed by atoms with E-state index in [4.69, 9.17) is 4.52 Å². The summed E-state index contributed by atoms with van der Waals surface area (Å²) in [5, 5.41) is 21.1. The number of thioether (sulfide) groups is 1. The predicted molar refractivity (Wildman–Crippen MR) is 112 cm³/mol. The standard InChI is InChI=1S/C20H24N6O5S/c1-10-6-14(25-31-10)18(28)24-13-2-3-16-26(20(13)30)15(9-32-16)19(29)23-12(8-21)7-11-4-5-22-17(11)27/h6,11-13,15-16H,2-5,7,9H2,1H3,(H,22,27)(H,23,29)(H,24,28). The van der Waals surface area contributed by atoms with Crippen LogP contribution in [0.15, 0.2) is 10.6 Å². The molecule has 12 heteroatoms. The molecule has 3 aliphatic heterocycles. The van der Waals surface area contributed by atoms with Crippen LogP contribution in [0.5, 0.6) is 0 Å². The highest BCUT2D eigenvalue weighted by Gasteiger charge is 2.47. The molecule has 4 heterocycles. The van der Waals surface area contributed by atoms with E-state index in [1.165, 1.54) is 22.7 Å². The van der Waals surface area contributed by atoms with E-state index in [9.17, 15) is 24.4 Å². The minimum absolute atomic E-state index is 0.0929. The van der Waals surface area contributed by atoms with Crippen molar-refractivity contribution in [1.29, 1.82) is 5.26 Å². The third kappa shape index (κ3) is 4.43. The number of nitrogens with one attached hydrogen (secondary N) is 3. The maximum Gasteiger partial charge on any atom is 0.274 e. The summed E-state index contributed by atoms with van der Waals surface area (Å²) in [5.74, 6) is -0.773. The van der Waals surface area contributed by atoms with Crippen LogP contribution >= 0.6 is 11.8 Å². The van der Waals surface area contributed by atoms with E-state index >= 15 is 0 Å². The Morgan fingerprint density at radius 3 is 2.88 bits per heavy atom. The first-order valence-electron chi connectivity index (χ1n) is 10.5. The number of hydrogen-bond donors (Lipinski definition) is 3. The molecule has 0 spiro atoms. The second-order valence-corrected chi connectivity index (χ2v) is 9.39. The minimum Gasteiger partial charge on any atom is -0.361 e. The normalized spacial score (nSPS) is 27.9. The van der Waals surface area contributed by atoms with Crippen molar-refractivity contribution in [2.45, 2.75) is 56.1 Å². The topological polar surface area (TPSA) is 157 Å². The number of nitrogens with zero attached hydrogens (tertiary/aromatic N) is 3. The van der Waals surface area contributed by atoms with E-state index in [1.807, 2.05) is 6.07 Å². The van der Waals surface area contributed by atoms with Crippen molar-refractivity contribution in [3.8, 4) is 6.07 Å². The van der Waals surface area contributed by atoms with Gasteiger partial charge in [0, 0.05) is 24.3 Å². The molecular formula is C20H24N6O5S. The highest BCUT2D eigenvalue weighted by atomic mass is 32.2. The largest absolute Gasteiger partial charge is 0.361 e. The van der Waals surface area contributed by atoms with Gasteiger partial charge in [0.05, 0.1) is 11.4 Å². The summed E-state index contributed by atoms with van der Waals surface area (Å²) in [7, 11) is 0. The second kappa shape index (κ2) is 9.20. The zero-order chi connectivity index (χ0) is 22.8. The Morgan fingerprint density at radius 2 is 2.22 bits per heavy atom. The van der Waals surface area contributed by atoms with E-state index < -0.39 is 29.9 Å². The average Bonchev–Trinajstić information content (AvgIpc) is 3.50. The van der Waals surface area contributed by atoms with E-state index in [-0.39, 0.29) is 35.2 Å². The Morgan fingerprint density at radius 1 is 1.41 bits per heavy atom. The van der Waals surface area contributed by atoms with Gasteiger partial charge in [0.15, 0.2) is 5.69 Å². The third-order valence-electron chi connectivity index (χ3n) is 5.97. The molecule has 3 N–H and O–H groups in total. The molecule has 0 saturated carbocycles. The molecular weight excluding hydrogens is 436 g/mol. The van der Waals surface area contributed by atoms with Gasteiger partial charge in [-0.3, -0.25) is 19.2 Å². The predicted octanol–water partition coefficient (Wildman–Crippen LogP) is -0.320. The molecule has 32 heavy (non-hydrogen) atoms. The van der Waals surface area contributed by atoms with Crippen molar-refractivity contribution in [1.82, 2.24) is 26.0 Å². The molecule has 4 rings (SSSR count). The molecule has 1 aromatic heterocycles. The summed E-state index contributed by atoms with van der Waals surface area (Å²) in [6.07, 6.45) is 1.96. The molecule has 0 radical (unpaired) electrons. The molecule has 3 fully saturated rings. The fraction of sp³-hybridized carbons (Fsp3) is 0.600. The van der Waals surface area contributed by atoms with E-state index in [0.717, 1.165) is 0 Å². The first-order valence-corrected chi connectivity index (χ1v) is 11.6. The van der Waals surface area contributed by atoms with Crippen molar-refractivity contribution in [3.63, 3.8) is 0 Å². The average molecular weight is 461 g/mol. The summed E-state index contributed by atoms with van der Waals surface area (Å²) in [6, 6.07) is 1.22. The van der Waals surface area contributed by atoms with Gasteiger partial charge >= 0.3 is 0 Å². The zero-order valence-electron chi connectivity index (χ0n) is 17.5. The molecule has 5 atom stereocenters. The van der Waals surface area contributed by atoms with Gasteiger partial charge in [-0.15, -0.1) is 11.8 Å². The van der Waals surface area contributed by atoms with Crippen LogP contribution in [0.2, 0.25) is 0 Å². The molecule has 3 saturated heterocycles. The summed E-state index contributed by atoms with van der Waals surface area (Å²) in [4.78, 5) is 51.8. The van der Waals surface area contributed by atoms with Gasteiger partial charge in [-0.25, -0.2) is 0 Å². The molecule has 0 aromatic carbocycles. The molecule has 1 aromatic rings. The third-order valence-corrected chi connectivity index (χ3v) is 7.33. The maximum absolute atomic E-state index is 13.1. The fourth-order valence-corrected chi connectivity index (χ4v) is 5.73. The Bertz CT molecular complexity index is 974. The van der Waals surface area contributed by atoms with Crippen molar-refractivity contribution >= 4 is 35.4 Å². The van der Waals surface area contributed by atoms with Gasteiger partial charge in [-0.2, -0.15) is 5.26 Å². The quantitative estimate of drug-likeness (QED) is 0.521. The molecule has 0 aliphatic carbocycles. The maximum atomic E-state index is 13.1. The number of hydrogen-bond acceptors (Lipinski definition) is 8. The van der Waals surface area contributed by atoms with Gasteiger partial charge in [-0.05, 0) is 32.6 Å². The van der Waals surface area contributed by atoms with Crippen molar-refractivity contribution < 1.29 is 23.7 Å². The van der Waals surface area contributed by atoms with Crippen molar-refractivity contribution in [2.24, 2.45) is 5.92 Å². The van der Waals surface area contributed by atoms with Crippen molar-refractivity contribution in [2.75, 3.05) is 12.3 Å². The van der Waals surface area contributed by atoms with E-state index in [1.54, 1.807) is 6.92 Å². The lowest BCUT2D eigenvalue weighted by molar-refractivity contribution is -0.143. The number of rotatable bonds is 6. The molecule has 4 amide bonds. The Hall–Kier alpha value is -3.07. The number of fused-ring (bicyclic) bond motifs is 1. The Balaban J connectivity index is 1.39. The van der Waals surface area contributed by atoms with E-state index in [0.29, 0.717) is 37.3 Å². The summed E-state index contributed by atoms with van der Waals surface area (Å²) >= 11 is 1.51. The SMILES string of the molecule is Cc1cc(C(=O)NC2CCC3SCC(C(=O)NC(C#N)CC4CCNC4=O)N3C2=O)no1. The van der Waals surface area contributed by atoms with Crippen molar-refractivity contribution in [3.05, 3.63) is 17.5 Å². The summed E-state index contributed by atoms with van der Waals surface area (Å²) < 4.78 is 4.91. The summed E-state index contributed by atoms with van der Waals surface area (Å²) in [6.45, 7) is 2.23. The number of carbonyl (C=O) groups is 4. The summed E-state index contributed by atoms with van der Waals surface area (Å²) in [5.41, 5.74) is 0.0929. The first-order chi connectivity index (χ1) is 15.4. The number of amides is 4. The molecule has 170 valence electrons. The lowest BCUT2D eigenvalue weighted by atomic mass is 9.98. The van der Waals surface area contributed by atoms with Crippen LogP contribution < -0.4 is 16.0 Å². The lowest BCUT2D eigenvalue weighted by Crippen LogP contribution is -2.59. The number of carbonyl (C=O) groups excluding carboxylic acids is 4. The lowest BCUT2D eigenvalue weighted by Gasteiger charge is -2.37. The van der Waals surface area contributed by atoms with Gasteiger partial charge in [0.1, 0.15) is 23.9 Å². The van der Waals surface area contributed by atoms with Gasteiger partial charge < -0.3 is 25.4 Å². The molecule has 5 unspecified atom stereocenters. The number of piperidine rings is 1. The van der Waals surface area contributed by atoms with E-state index in [2.05, 4.69) is 21.1 Å². The zero-order valence-corrected chi connectivity index (χ0v) is 18.3.